The van der Waals surface area contributed by atoms with E-state index in [2.05, 4.69) is 38.3 Å². The molecule has 0 spiro atoms. The van der Waals surface area contributed by atoms with E-state index in [1.54, 1.807) is 0 Å². The van der Waals surface area contributed by atoms with Crippen molar-refractivity contribution in [2.24, 2.45) is 11.8 Å². The number of nitrogens with zero attached hydrogens (tertiary/aromatic N) is 1. The lowest BCUT2D eigenvalue weighted by atomic mass is 9.66. The zero-order chi connectivity index (χ0) is 10.5. The smallest absolute Gasteiger partial charge is 0.105 e. The van der Waals surface area contributed by atoms with Gasteiger partial charge in [0.05, 0.1) is 0 Å². The van der Waals surface area contributed by atoms with Crippen LogP contribution in [0.15, 0.2) is 23.9 Å². The van der Waals surface area contributed by atoms with Crippen molar-refractivity contribution in [3.63, 3.8) is 0 Å². The molecule has 2 saturated heterocycles. The first kappa shape index (κ1) is 9.88. The van der Waals surface area contributed by atoms with Gasteiger partial charge in [0.25, 0.3) is 0 Å². The highest BCUT2D eigenvalue weighted by Gasteiger charge is 2.51. The lowest BCUT2D eigenvalue weighted by Gasteiger charge is -2.33. The second-order valence-electron chi connectivity index (χ2n) is 4.77. The van der Waals surface area contributed by atoms with Gasteiger partial charge in [0.15, 0.2) is 0 Å². The van der Waals surface area contributed by atoms with Gasteiger partial charge in [0.2, 0.25) is 0 Å². The van der Waals surface area contributed by atoms with Crippen LogP contribution in [0, 0.1) is 11.8 Å². The molecule has 0 aliphatic carbocycles. The third kappa shape index (κ3) is 1.03. The molecule has 2 aliphatic heterocycles. The largest absolute Gasteiger partial charge is 0.374 e. The molecule has 0 saturated carbocycles. The van der Waals surface area contributed by atoms with Crippen LogP contribution in [0.2, 0.25) is 0 Å². The average Bonchev–Trinajstić information content (AvgIpc) is 2.59. The van der Waals surface area contributed by atoms with E-state index in [1.165, 1.54) is 11.3 Å². The van der Waals surface area contributed by atoms with E-state index in [0.29, 0.717) is 11.8 Å². The summed E-state index contributed by atoms with van der Waals surface area (Å²) in [5, 5.41) is 0. The fourth-order valence-corrected chi connectivity index (χ4v) is 2.80. The van der Waals surface area contributed by atoms with Gasteiger partial charge in [-0.3, -0.25) is 0 Å². The molecule has 3 atom stereocenters. The Bertz CT molecular complexity index is 307. The Hall–Kier alpha value is -0.655. The van der Waals surface area contributed by atoms with Crippen LogP contribution in [0.25, 0.3) is 0 Å². The van der Waals surface area contributed by atoms with Gasteiger partial charge >= 0.3 is 0 Å². The molecule has 0 aromatic rings. The second-order valence-corrected chi connectivity index (χ2v) is 4.77. The number of fused-ring (bicyclic) bond motifs is 1. The highest BCUT2D eigenvalue weighted by molar-refractivity contribution is 6.16. The van der Waals surface area contributed by atoms with Gasteiger partial charge in [-0.05, 0) is 25.2 Å². The molecule has 1 nitrogen and oxygen atoms in total. The zero-order valence-corrected chi connectivity index (χ0v) is 9.38. The molecule has 0 amide bonds. The van der Waals surface area contributed by atoms with E-state index in [0.717, 1.165) is 13.0 Å². The quantitative estimate of drug-likeness (QED) is 0.415. The molecule has 0 aromatic heterocycles. The lowest BCUT2D eigenvalue weighted by Crippen LogP contribution is -2.42. The summed E-state index contributed by atoms with van der Waals surface area (Å²) in [4.78, 5) is 2.30. The van der Waals surface area contributed by atoms with Crippen LogP contribution in [-0.4, -0.2) is 24.7 Å². The molecule has 74 valence electrons. The first-order chi connectivity index (χ1) is 6.50. The molecule has 14 heavy (non-hydrogen) atoms. The number of hydrogen-bond donors (Lipinski definition) is 0. The van der Waals surface area contributed by atoms with Gasteiger partial charge in [-0.1, -0.05) is 32.1 Å². The Morgan fingerprint density at radius 1 is 1.57 bits per heavy atom. The van der Waals surface area contributed by atoms with Gasteiger partial charge in [-0.15, -0.1) is 0 Å². The van der Waals surface area contributed by atoms with Crippen LogP contribution >= 0.6 is 0 Å². The Labute approximate surface area is 88.3 Å². The van der Waals surface area contributed by atoms with Gasteiger partial charge in [0, 0.05) is 17.7 Å². The van der Waals surface area contributed by atoms with E-state index in [1.807, 2.05) is 0 Å². The molecule has 3 unspecified atom stereocenters. The second kappa shape index (κ2) is 2.92. The minimum Gasteiger partial charge on any atom is -0.374 e. The van der Waals surface area contributed by atoms with Gasteiger partial charge in [-0.2, -0.15) is 0 Å². The number of rotatable bonds is 0. The summed E-state index contributed by atoms with van der Waals surface area (Å²) >= 11 is 0. The number of allylic oxidation sites excluding steroid dienone is 2. The molecule has 2 heterocycles. The van der Waals surface area contributed by atoms with Crippen LogP contribution in [0.3, 0.4) is 0 Å². The van der Waals surface area contributed by atoms with Crippen molar-refractivity contribution in [3.05, 3.63) is 23.9 Å². The van der Waals surface area contributed by atoms with Crippen molar-refractivity contribution in [2.45, 2.75) is 32.6 Å². The van der Waals surface area contributed by atoms with E-state index >= 15 is 0 Å². The summed E-state index contributed by atoms with van der Waals surface area (Å²) < 4.78 is 0. The van der Waals surface area contributed by atoms with Crippen molar-refractivity contribution in [1.82, 2.24) is 4.90 Å². The average molecular weight is 187 g/mol. The van der Waals surface area contributed by atoms with Gasteiger partial charge < -0.3 is 4.90 Å². The van der Waals surface area contributed by atoms with Crippen molar-refractivity contribution in [1.29, 1.82) is 0 Å². The fraction of sp³-hybridized carbons (Fsp3) is 0.667. The van der Waals surface area contributed by atoms with Crippen molar-refractivity contribution >= 4 is 7.85 Å². The first-order valence-electron chi connectivity index (χ1n) is 5.40. The molecule has 0 bridgehead atoms. The summed E-state index contributed by atoms with van der Waals surface area (Å²) in [6, 6.07) is 0. The third-order valence-corrected chi connectivity index (χ3v) is 4.19. The van der Waals surface area contributed by atoms with Gasteiger partial charge in [0.1, 0.15) is 7.85 Å². The maximum atomic E-state index is 6.48. The molecular formula is C12H18BN. The maximum absolute atomic E-state index is 6.48. The number of hydrogen-bond acceptors (Lipinski definition) is 1. The van der Waals surface area contributed by atoms with E-state index in [9.17, 15) is 0 Å². The highest BCUT2D eigenvalue weighted by atomic mass is 15.3. The maximum Gasteiger partial charge on any atom is 0.105 e. The van der Waals surface area contributed by atoms with E-state index < -0.39 is 0 Å². The predicted octanol–water partition coefficient (Wildman–Crippen LogP) is 2.30. The van der Waals surface area contributed by atoms with Crippen molar-refractivity contribution in [3.8, 4) is 0 Å². The minimum atomic E-state index is -0.154. The molecule has 0 aromatic carbocycles. The van der Waals surface area contributed by atoms with E-state index in [-0.39, 0.29) is 5.44 Å². The van der Waals surface area contributed by atoms with Crippen LogP contribution in [0.1, 0.15) is 27.2 Å². The third-order valence-electron chi connectivity index (χ3n) is 4.19. The molecular weight excluding hydrogens is 169 g/mol. The lowest BCUT2D eigenvalue weighted by molar-refractivity contribution is 0.272. The Morgan fingerprint density at radius 3 is 2.71 bits per heavy atom. The molecule has 2 rings (SSSR count). The van der Waals surface area contributed by atoms with Crippen LogP contribution in [0.5, 0.6) is 0 Å². The summed E-state index contributed by atoms with van der Waals surface area (Å²) in [7, 11) is 6.48. The highest BCUT2D eigenvalue weighted by Crippen LogP contribution is 2.49. The van der Waals surface area contributed by atoms with E-state index in [4.69, 9.17) is 7.85 Å². The fourth-order valence-electron chi connectivity index (χ4n) is 2.80. The Balaban J connectivity index is 2.36. The normalized spacial score (nSPS) is 44.9. The topological polar surface area (TPSA) is 3.24 Å². The molecule has 2 radical (unpaired) electrons. The zero-order valence-electron chi connectivity index (χ0n) is 9.38. The summed E-state index contributed by atoms with van der Waals surface area (Å²) in [6.07, 6.45) is 3.20. The van der Waals surface area contributed by atoms with Gasteiger partial charge in [-0.25, -0.2) is 0 Å². The molecule has 0 N–H and O–H groups in total. The van der Waals surface area contributed by atoms with Crippen LogP contribution in [0.4, 0.5) is 0 Å². The monoisotopic (exact) mass is 187 g/mol. The predicted molar refractivity (Wildman–Crippen MR) is 61.0 cm³/mol. The summed E-state index contributed by atoms with van der Waals surface area (Å²) in [6.45, 7) is 11.7. The Kier molecular flexibility index (Phi) is 2.06. The molecule has 2 aliphatic rings. The first-order valence-corrected chi connectivity index (χ1v) is 5.40. The molecule has 2 fully saturated rings. The van der Waals surface area contributed by atoms with Crippen molar-refractivity contribution in [2.75, 3.05) is 6.54 Å². The Morgan fingerprint density at radius 2 is 2.21 bits per heavy atom. The summed E-state index contributed by atoms with van der Waals surface area (Å²) in [5.41, 5.74) is 2.52. The molecule has 2 heteroatoms. The standard InChI is InChI=1S/C12H18BN/c1-5-11-6-12(13)9(3)8(2)10(4)14(12)7-11/h5,8-9H,4,6-7H2,1-3H3/b11-5-. The minimum absolute atomic E-state index is 0.154. The van der Waals surface area contributed by atoms with Crippen molar-refractivity contribution < 1.29 is 0 Å². The summed E-state index contributed by atoms with van der Waals surface area (Å²) in [5.74, 6) is 1.03. The van der Waals surface area contributed by atoms with Crippen LogP contribution in [-0.2, 0) is 0 Å². The SMILES string of the molecule is [B]C12C/C(=C/C)CN1C(=C)C(C)C2C. The van der Waals surface area contributed by atoms with Crippen LogP contribution < -0.4 is 0 Å².